The van der Waals surface area contributed by atoms with Gasteiger partial charge in [-0.15, -0.1) is 10.2 Å². The normalized spacial score (nSPS) is 22.9. The van der Waals surface area contributed by atoms with Crippen LogP contribution in [0, 0.1) is 12.3 Å². The van der Waals surface area contributed by atoms with Crippen molar-refractivity contribution < 1.29 is 31.2 Å². The lowest BCUT2D eigenvalue weighted by atomic mass is 9.72. The van der Waals surface area contributed by atoms with E-state index in [1.165, 1.54) is 16.9 Å². The van der Waals surface area contributed by atoms with Crippen molar-refractivity contribution in [3.05, 3.63) is 41.1 Å². The molecule has 1 aromatic heterocycles. The number of carbonyl (C=O) groups is 2. The van der Waals surface area contributed by atoms with Crippen LogP contribution >= 0.6 is 11.3 Å². The van der Waals surface area contributed by atoms with Crippen LogP contribution in [0.15, 0.2) is 39.9 Å². The molecule has 1 unspecified atom stereocenters. The Hall–Kier alpha value is -2.84. The molecule has 9 nitrogen and oxygen atoms in total. The molecule has 1 aromatic carbocycles. The summed E-state index contributed by atoms with van der Waals surface area (Å²) in [6.45, 7) is 5.07. The van der Waals surface area contributed by atoms with Gasteiger partial charge in [0.1, 0.15) is 0 Å². The van der Waals surface area contributed by atoms with Crippen LogP contribution in [0.25, 0.3) is 0 Å². The van der Waals surface area contributed by atoms with Gasteiger partial charge in [0.2, 0.25) is 15.0 Å². The van der Waals surface area contributed by atoms with E-state index in [-0.39, 0.29) is 29.4 Å². The number of nitrogens with one attached hydrogen (secondary N) is 1. The number of ketones is 1. The molecule has 0 fully saturated rings. The first-order chi connectivity index (χ1) is 15.6. The zero-order chi connectivity index (χ0) is 25.3. The van der Waals surface area contributed by atoms with Crippen molar-refractivity contribution >= 4 is 43.9 Å². The molecule has 4 rings (SSSR count). The van der Waals surface area contributed by atoms with Crippen LogP contribution in [-0.2, 0) is 19.6 Å². The summed E-state index contributed by atoms with van der Waals surface area (Å²) in [4.78, 5) is 27.6. The summed E-state index contributed by atoms with van der Waals surface area (Å²) < 4.78 is 70.9. The molecule has 0 radical (unpaired) electrons. The van der Waals surface area contributed by atoms with Gasteiger partial charge < -0.3 is 5.73 Å². The molecule has 1 aliphatic carbocycles. The van der Waals surface area contributed by atoms with Crippen molar-refractivity contribution in [2.24, 2.45) is 5.41 Å². The van der Waals surface area contributed by atoms with Gasteiger partial charge in [-0.2, -0.15) is 17.9 Å². The van der Waals surface area contributed by atoms with Crippen molar-refractivity contribution in [1.29, 1.82) is 0 Å². The zero-order valence-corrected chi connectivity index (χ0v) is 19.9. The number of halogens is 3. The predicted molar refractivity (Wildman–Crippen MR) is 117 cm³/mol. The molecule has 0 saturated carbocycles. The van der Waals surface area contributed by atoms with Gasteiger partial charge >= 0.3 is 6.18 Å². The number of aryl methyl sites for hydroxylation is 1. The number of aromatic nitrogens is 2. The number of rotatable bonds is 4. The average Bonchev–Trinajstić information content (AvgIpc) is 3.21. The van der Waals surface area contributed by atoms with E-state index in [2.05, 4.69) is 10.2 Å². The van der Waals surface area contributed by atoms with E-state index >= 15 is 0 Å². The number of nitrogens with zero attached hydrogens (tertiary/aromatic N) is 3. The number of nitrogens with two attached hydrogens (primary N) is 1. The summed E-state index contributed by atoms with van der Waals surface area (Å²) in [6.07, 6.45) is -5.85. The van der Waals surface area contributed by atoms with Crippen LogP contribution < -0.4 is 15.4 Å². The Bertz CT molecular complexity index is 1350. The summed E-state index contributed by atoms with van der Waals surface area (Å²) in [5.74, 6) is -2.60. The number of anilines is 2. The molecule has 0 bridgehead atoms. The minimum absolute atomic E-state index is 0.0565. The minimum Gasteiger partial charge on any atom is -0.374 e. The van der Waals surface area contributed by atoms with E-state index in [4.69, 9.17) is 5.73 Å². The molecular weight excluding hydrogens is 495 g/mol. The number of sulfonamides is 1. The fourth-order valence-corrected chi connectivity index (χ4v) is 6.44. The molecule has 0 spiro atoms. The first-order valence-electron chi connectivity index (χ1n) is 9.97. The van der Waals surface area contributed by atoms with E-state index in [0.717, 1.165) is 4.90 Å². The molecule has 2 aromatic rings. The number of carbonyl (C=O) groups excluding carboxylic acids is 2. The molecule has 1 atom stereocenters. The second-order valence-electron chi connectivity index (χ2n) is 9.00. The first kappa shape index (κ1) is 24.3. The number of alkyl halides is 3. The average molecular weight is 516 g/mol. The highest BCUT2D eigenvalue weighted by Gasteiger charge is 2.72. The molecule has 182 valence electrons. The van der Waals surface area contributed by atoms with Gasteiger partial charge in [-0.05, 0) is 36.5 Å². The number of hydrogen-bond donors (Lipinski definition) is 2. The SMILES string of the molecule is Cc1cccc(N2C(=O)C(NS(=O)(=O)c3nnc(N)s3)(C(F)(F)F)C3=C2CC(C)(C)CC3=O)c1. The van der Waals surface area contributed by atoms with E-state index in [1.54, 1.807) is 32.9 Å². The Morgan fingerprint density at radius 1 is 1.18 bits per heavy atom. The topological polar surface area (TPSA) is 135 Å². The van der Waals surface area contributed by atoms with Gasteiger partial charge in [0.05, 0.1) is 5.57 Å². The lowest BCUT2D eigenvalue weighted by Gasteiger charge is -2.35. The molecule has 1 amide bonds. The van der Waals surface area contributed by atoms with Crippen LogP contribution in [-0.4, -0.2) is 42.0 Å². The molecule has 3 N–H and O–H groups in total. The second kappa shape index (κ2) is 7.58. The summed E-state index contributed by atoms with van der Waals surface area (Å²) in [6, 6.07) is 6.15. The summed E-state index contributed by atoms with van der Waals surface area (Å²) in [5.41, 5.74) is 0.436. The maximum atomic E-state index is 14.8. The van der Waals surface area contributed by atoms with Gasteiger partial charge in [0.25, 0.3) is 15.9 Å². The molecular formula is C20H20F3N5O4S2. The lowest BCUT2D eigenvalue weighted by molar-refractivity contribution is -0.184. The fourth-order valence-electron chi connectivity index (χ4n) is 4.33. The zero-order valence-electron chi connectivity index (χ0n) is 18.2. The standard InChI is InChI=1S/C20H20F3N5O4S2/c1-10-5-4-6-11(7-10)28-12-8-18(2,3)9-13(29)14(12)19(15(28)30,20(21,22)23)27-34(31,32)17-26-25-16(24)33-17/h4-7,27H,8-9H2,1-3H3,(H2,24,25). The number of allylic oxidation sites excluding steroid dienone is 1. The largest absolute Gasteiger partial charge is 0.421 e. The second-order valence-corrected chi connectivity index (χ2v) is 11.9. The smallest absolute Gasteiger partial charge is 0.374 e. The molecule has 0 saturated heterocycles. The van der Waals surface area contributed by atoms with Gasteiger partial charge in [-0.3, -0.25) is 14.5 Å². The number of benzene rings is 1. The van der Waals surface area contributed by atoms with Crippen molar-refractivity contribution in [3.63, 3.8) is 0 Å². The molecule has 1 aliphatic heterocycles. The van der Waals surface area contributed by atoms with Crippen molar-refractivity contribution in [2.45, 2.75) is 49.7 Å². The Kier molecular flexibility index (Phi) is 5.42. The highest BCUT2D eigenvalue weighted by Crippen LogP contribution is 2.53. The third-order valence-corrected chi connectivity index (χ3v) is 8.22. The van der Waals surface area contributed by atoms with Gasteiger partial charge in [0.15, 0.2) is 5.78 Å². The maximum Gasteiger partial charge on any atom is 0.421 e. The van der Waals surface area contributed by atoms with Crippen LogP contribution in [0.3, 0.4) is 0 Å². The quantitative estimate of drug-likeness (QED) is 0.639. The van der Waals surface area contributed by atoms with Gasteiger partial charge in [-0.1, -0.05) is 37.3 Å². The van der Waals surface area contributed by atoms with E-state index in [1.807, 2.05) is 0 Å². The monoisotopic (exact) mass is 515 g/mol. The van der Waals surface area contributed by atoms with Crippen LogP contribution in [0.4, 0.5) is 24.0 Å². The Balaban J connectivity index is 2.00. The minimum atomic E-state index is -5.50. The van der Waals surface area contributed by atoms with Crippen LogP contribution in [0.5, 0.6) is 0 Å². The maximum absolute atomic E-state index is 14.8. The Morgan fingerprint density at radius 3 is 2.41 bits per heavy atom. The van der Waals surface area contributed by atoms with Crippen LogP contribution in [0.1, 0.15) is 32.3 Å². The Labute approximate surface area is 196 Å². The predicted octanol–water partition coefficient (Wildman–Crippen LogP) is 2.70. The molecule has 34 heavy (non-hydrogen) atoms. The number of amides is 1. The van der Waals surface area contributed by atoms with E-state index < -0.39 is 48.8 Å². The lowest BCUT2D eigenvalue weighted by Crippen LogP contribution is -2.66. The third kappa shape index (κ3) is 3.69. The van der Waals surface area contributed by atoms with E-state index in [0.29, 0.717) is 16.9 Å². The first-order valence-corrected chi connectivity index (χ1v) is 12.3. The van der Waals surface area contributed by atoms with E-state index in [9.17, 15) is 31.2 Å². The Morgan fingerprint density at radius 2 is 1.85 bits per heavy atom. The highest BCUT2D eigenvalue weighted by molar-refractivity contribution is 7.91. The molecule has 2 heterocycles. The van der Waals surface area contributed by atoms with Gasteiger partial charge in [-0.25, -0.2) is 8.42 Å². The highest BCUT2D eigenvalue weighted by atomic mass is 32.2. The van der Waals surface area contributed by atoms with Crippen LogP contribution in [0.2, 0.25) is 0 Å². The number of nitrogen functional groups attached to an aromatic ring is 1. The summed E-state index contributed by atoms with van der Waals surface area (Å²) in [7, 11) is -5.05. The number of Topliss-reactive ketones (excluding diaryl/α,β-unsaturated/α-hetero) is 1. The number of hydrogen-bond acceptors (Lipinski definition) is 8. The van der Waals surface area contributed by atoms with Crippen molar-refractivity contribution in [3.8, 4) is 0 Å². The molecule has 14 heteroatoms. The van der Waals surface area contributed by atoms with Crippen molar-refractivity contribution in [1.82, 2.24) is 14.9 Å². The van der Waals surface area contributed by atoms with Crippen molar-refractivity contribution in [2.75, 3.05) is 10.6 Å². The summed E-state index contributed by atoms with van der Waals surface area (Å²) in [5, 5.41) is 6.33. The van der Waals surface area contributed by atoms with Gasteiger partial charge in [0, 0.05) is 17.8 Å². The third-order valence-electron chi connectivity index (χ3n) is 5.65. The summed E-state index contributed by atoms with van der Waals surface area (Å²) >= 11 is 0.330. The molecule has 2 aliphatic rings. The fraction of sp³-hybridized carbons (Fsp3) is 0.400.